The Morgan fingerprint density at radius 3 is 2.72 bits per heavy atom. The topological polar surface area (TPSA) is 95.6 Å². The number of pyridine rings is 1. The number of nitrogens with two attached hydrogens (primary N) is 2. The van der Waals surface area contributed by atoms with Crippen molar-refractivity contribution in [2.24, 2.45) is 5.92 Å². The van der Waals surface area contributed by atoms with Gasteiger partial charge in [-0.2, -0.15) is 0 Å². The highest BCUT2D eigenvalue weighted by Crippen LogP contribution is 2.39. The van der Waals surface area contributed by atoms with Crippen LogP contribution >= 0.6 is 11.6 Å². The zero-order valence-corrected chi connectivity index (χ0v) is 18.5. The van der Waals surface area contributed by atoms with Crippen LogP contribution in [0.5, 0.6) is 0 Å². The number of nitrogens with zero attached hydrogens (tertiary/aromatic N) is 4. The van der Waals surface area contributed by atoms with E-state index in [9.17, 15) is 4.39 Å². The Hall–Kier alpha value is -3.19. The van der Waals surface area contributed by atoms with Crippen molar-refractivity contribution in [3.8, 4) is 0 Å². The molecule has 4 aromatic rings. The van der Waals surface area contributed by atoms with Gasteiger partial charge in [0.2, 0.25) is 0 Å². The smallest absolute Gasteiger partial charge is 0.145 e. The third-order valence-electron chi connectivity index (χ3n) is 6.21. The van der Waals surface area contributed by atoms with Gasteiger partial charge in [0.05, 0.1) is 15.9 Å². The number of benzene rings is 1. The lowest BCUT2D eigenvalue weighted by Gasteiger charge is -2.14. The first-order chi connectivity index (χ1) is 15.5. The summed E-state index contributed by atoms with van der Waals surface area (Å²) in [4.78, 5) is 12.7. The lowest BCUT2D eigenvalue weighted by molar-refractivity contribution is 0.461. The molecule has 4 N–H and O–H groups in total. The van der Waals surface area contributed by atoms with Gasteiger partial charge in [0.1, 0.15) is 29.4 Å². The van der Waals surface area contributed by atoms with Gasteiger partial charge in [0.25, 0.3) is 0 Å². The van der Waals surface area contributed by atoms with Crippen molar-refractivity contribution in [2.45, 2.75) is 38.1 Å². The van der Waals surface area contributed by atoms with Crippen molar-refractivity contribution in [2.75, 3.05) is 11.5 Å². The van der Waals surface area contributed by atoms with E-state index in [1.807, 2.05) is 12.1 Å². The molecular formula is C24H26ClFN6. The van der Waals surface area contributed by atoms with E-state index in [-0.39, 0.29) is 16.7 Å². The van der Waals surface area contributed by atoms with E-state index in [0.29, 0.717) is 28.7 Å². The van der Waals surface area contributed by atoms with Crippen LogP contribution in [0.3, 0.4) is 0 Å². The molecule has 1 fully saturated rings. The number of rotatable bonds is 4. The molecule has 5 rings (SSSR count). The molecule has 0 aliphatic heterocycles. The number of halogens is 2. The number of anilines is 2. The molecule has 2 atom stereocenters. The van der Waals surface area contributed by atoms with Crippen LogP contribution in [-0.2, 0) is 6.42 Å². The molecule has 166 valence electrons. The van der Waals surface area contributed by atoms with Crippen molar-refractivity contribution in [1.29, 1.82) is 0 Å². The largest absolute Gasteiger partial charge is 0.383 e. The zero-order valence-electron chi connectivity index (χ0n) is 17.8. The zero-order chi connectivity index (χ0) is 22.8. The minimum Gasteiger partial charge on any atom is -0.383 e. The summed E-state index contributed by atoms with van der Waals surface area (Å²) in [7, 11) is 0. The monoisotopic (exact) mass is 452 g/mol. The Kier molecular flexibility index (Phi) is 6.28. The first-order valence-corrected chi connectivity index (χ1v) is 11.0. The molecule has 3 aromatic heterocycles. The molecule has 0 radical (unpaired) electrons. The highest BCUT2D eigenvalue weighted by molar-refractivity contribution is 6.33. The summed E-state index contributed by atoms with van der Waals surface area (Å²) >= 11 is 5.98. The maximum Gasteiger partial charge on any atom is 0.145 e. The second-order valence-electron chi connectivity index (χ2n) is 8.09. The van der Waals surface area contributed by atoms with Gasteiger partial charge in [-0.15, -0.1) is 13.2 Å². The number of aryl methyl sites for hydroxylation is 1. The third-order valence-corrected chi connectivity index (χ3v) is 6.52. The molecule has 1 aliphatic carbocycles. The van der Waals surface area contributed by atoms with Crippen molar-refractivity contribution in [1.82, 2.24) is 19.5 Å². The fourth-order valence-electron chi connectivity index (χ4n) is 4.64. The van der Waals surface area contributed by atoms with Gasteiger partial charge >= 0.3 is 0 Å². The molecule has 6 nitrogen and oxygen atoms in total. The normalized spacial score (nSPS) is 18.1. The van der Waals surface area contributed by atoms with E-state index in [2.05, 4.69) is 38.9 Å². The number of aromatic nitrogens is 4. The molecule has 1 saturated carbocycles. The van der Waals surface area contributed by atoms with Gasteiger partial charge in [-0.1, -0.05) is 11.6 Å². The molecule has 8 heteroatoms. The minimum absolute atomic E-state index is 0.225. The van der Waals surface area contributed by atoms with Crippen LogP contribution in [0.15, 0.2) is 49.9 Å². The van der Waals surface area contributed by atoms with E-state index in [1.165, 1.54) is 12.4 Å². The highest BCUT2D eigenvalue weighted by Gasteiger charge is 2.27. The Morgan fingerprint density at radius 1 is 1.09 bits per heavy atom. The molecular weight excluding hydrogens is 427 g/mol. The number of hydrogen-bond donors (Lipinski definition) is 2. The molecule has 1 aromatic carbocycles. The maximum atomic E-state index is 14.5. The van der Waals surface area contributed by atoms with Crippen LogP contribution < -0.4 is 11.5 Å². The summed E-state index contributed by atoms with van der Waals surface area (Å²) in [5, 5.41) is 1.58. The number of fused-ring (bicyclic) bond motifs is 2. The third kappa shape index (κ3) is 4.12. The molecule has 0 amide bonds. The van der Waals surface area contributed by atoms with Gasteiger partial charge in [-0.3, -0.25) is 0 Å². The Balaban J connectivity index is 0.00000119. The molecule has 32 heavy (non-hydrogen) atoms. The van der Waals surface area contributed by atoms with Crippen molar-refractivity contribution >= 4 is 45.2 Å². The van der Waals surface area contributed by atoms with Gasteiger partial charge in [0.15, 0.2) is 0 Å². The fraction of sp³-hybridized carbons (Fsp3) is 0.292. The van der Waals surface area contributed by atoms with Crippen molar-refractivity contribution < 1.29 is 4.39 Å². The molecule has 1 aliphatic rings. The second-order valence-corrected chi connectivity index (χ2v) is 8.50. The summed E-state index contributed by atoms with van der Waals surface area (Å²) in [6.45, 7) is 6.00. The summed E-state index contributed by atoms with van der Waals surface area (Å²) in [6, 6.07) is 7.43. The standard InChI is InChI=1S/C22H22ClFN6.C2H4/c23-17-10-16-18(24)8-13(9-19(16)29-21(17)26)2-1-12-3-4-14(7-12)30-6-5-15-20(25)27-11-28-22(15)30;1-2/h5-6,8-12,14H,1-4,7H2,(H2,26,29)(H2,25,27,28);1-2H2. The van der Waals surface area contributed by atoms with Gasteiger partial charge < -0.3 is 16.0 Å². The maximum absolute atomic E-state index is 14.5. The number of hydrogen-bond acceptors (Lipinski definition) is 5. The second kappa shape index (κ2) is 9.12. The number of nitrogen functional groups attached to an aromatic ring is 2. The molecule has 0 spiro atoms. The average Bonchev–Trinajstić information content (AvgIpc) is 3.43. The molecule has 2 unspecified atom stereocenters. The Bertz CT molecular complexity index is 1270. The van der Waals surface area contributed by atoms with Crippen molar-refractivity contribution in [3.05, 3.63) is 66.4 Å². The van der Waals surface area contributed by atoms with Gasteiger partial charge in [-0.05, 0) is 67.9 Å². The Labute approximate surface area is 191 Å². The average molecular weight is 453 g/mol. The first kappa shape index (κ1) is 22.0. The van der Waals surface area contributed by atoms with Gasteiger partial charge in [0, 0.05) is 17.6 Å². The minimum atomic E-state index is -0.308. The van der Waals surface area contributed by atoms with Crippen LogP contribution in [0.1, 0.15) is 37.3 Å². The van der Waals surface area contributed by atoms with Crippen LogP contribution in [0.2, 0.25) is 5.02 Å². The molecule has 0 saturated heterocycles. The van der Waals surface area contributed by atoms with Crippen LogP contribution in [0.4, 0.5) is 16.0 Å². The summed E-state index contributed by atoms with van der Waals surface area (Å²) < 4.78 is 16.7. The van der Waals surface area contributed by atoms with Crippen LogP contribution in [0, 0.1) is 11.7 Å². The molecule has 3 heterocycles. The lowest BCUT2D eigenvalue weighted by Crippen LogP contribution is -2.06. The van der Waals surface area contributed by atoms with E-state index in [1.54, 1.807) is 6.07 Å². The lowest BCUT2D eigenvalue weighted by atomic mass is 9.97. The first-order valence-electron chi connectivity index (χ1n) is 10.6. The van der Waals surface area contributed by atoms with Crippen LogP contribution in [-0.4, -0.2) is 19.5 Å². The van der Waals surface area contributed by atoms with E-state index in [4.69, 9.17) is 23.1 Å². The van der Waals surface area contributed by atoms with Crippen LogP contribution in [0.25, 0.3) is 21.9 Å². The predicted molar refractivity (Wildman–Crippen MR) is 129 cm³/mol. The SMILES string of the molecule is C=C.Nc1nc2cc(CCC3CCC(n4ccc5c(N)ncnc54)C3)cc(F)c2cc1Cl. The fourth-order valence-corrected chi connectivity index (χ4v) is 4.79. The summed E-state index contributed by atoms with van der Waals surface area (Å²) in [6.07, 6.45) is 8.69. The Morgan fingerprint density at radius 2 is 1.91 bits per heavy atom. The highest BCUT2D eigenvalue weighted by atomic mass is 35.5. The summed E-state index contributed by atoms with van der Waals surface area (Å²) in [5.41, 5.74) is 14.1. The van der Waals surface area contributed by atoms with E-state index in [0.717, 1.165) is 48.7 Å². The quantitative estimate of drug-likeness (QED) is 0.386. The van der Waals surface area contributed by atoms with E-state index >= 15 is 0 Å². The summed E-state index contributed by atoms with van der Waals surface area (Å²) in [5.74, 6) is 1.01. The van der Waals surface area contributed by atoms with Crippen molar-refractivity contribution in [3.63, 3.8) is 0 Å². The van der Waals surface area contributed by atoms with Gasteiger partial charge in [-0.25, -0.2) is 19.3 Å². The van der Waals surface area contributed by atoms with E-state index < -0.39 is 0 Å². The molecule has 0 bridgehead atoms. The predicted octanol–water partition coefficient (Wildman–Crippen LogP) is 5.71.